The minimum absolute atomic E-state index is 0.151. The predicted octanol–water partition coefficient (Wildman–Crippen LogP) is 6.14. The lowest BCUT2D eigenvalue weighted by Crippen LogP contribution is -2.38. The Labute approximate surface area is 236 Å². The Balaban J connectivity index is 1.38. The zero-order valence-corrected chi connectivity index (χ0v) is 22.5. The number of hydrogen-bond acceptors (Lipinski definition) is 6. The molecule has 0 bridgehead atoms. The molecule has 2 aliphatic rings. The van der Waals surface area contributed by atoms with Gasteiger partial charge in [-0.1, -0.05) is 77.5 Å². The zero-order valence-electron chi connectivity index (χ0n) is 20.9. The number of nitrogens with zero attached hydrogens (tertiary/aromatic N) is 3. The molecule has 1 atom stereocenters. The first-order valence-electron chi connectivity index (χ1n) is 12.7. The fourth-order valence-electron chi connectivity index (χ4n) is 5.53. The van der Waals surface area contributed by atoms with Gasteiger partial charge in [0.25, 0.3) is 11.2 Å². The number of fused-ring (bicyclic) bond motifs is 3. The number of aromatic nitrogens is 1. The first kappa shape index (κ1) is 24.5. The molecule has 0 spiro atoms. The Morgan fingerprint density at radius 2 is 1.80 bits per heavy atom. The predicted molar refractivity (Wildman–Crippen MR) is 155 cm³/mol. The van der Waals surface area contributed by atoms with Crippen LogP contribution >= 0.6 is 22.9 Å². The highest BCUT2D eigenvalue weighted by molar-refractivity contribution is 7.07. The molecule has 3 aromatic carbocycles. The van der Waals surface area contributed by atoms with Crippen molar-refractivity contribution in [1.29, 1.82) is 0 Å². The SMILES string of the molecule is O=c1/c(=C\c2ccc(-c3ccc(Cl)cc3[N+](=O)[O-])o2)sc2n1[C@@H](c1ccccc1)C1=C(N=2)c2ccccc2CC1. The lowest BCUT2D eigenvalue weighted by Gasteiger charge is -2.30. The summed E-state index contributed by atoms with van der Waals surface area (Å²) in [6.45, 7) is 0. The first-order valence-corrected chi connectivity index (χ1v) is 13.9. The van der Waals surface area contributed by atoms with Crippen LogP contribution in [-0.4, -0.2) is 9.49 Å². The van der Waals surface area contributed by atoms with E-state index in [0.29, 0.717) is 26.4 Å². The van der Waals surface area contributed by atoms with E-state index in [1.54, 1.807) is 34.9 Å². The number of hydrogen-bond donors (Lipinski definition) is 0. The van der Waals surface area contributed by atoms with Crippen molar-refractivity contribution in [1.82, 2.24) is 4.57 Å². The number of nitro benzene ring substituents is 1. The molecule has 9 heteroatoms. The van der Waals surface area contributed by atoms with Crippen LogP contribution in [0.25, 0.3) is 23.1 Å². The molecule has 0 radical (unpaired) electrons. The molecule has 7 rings (SSSR count). The fraction of sp³-hybridized carbons (Fsp3) is 0.0968. The topological polar surface area (TPSA) is 90.6 Å². The summed E-state index contributed by atoms with van der Waals surface area (Å²) in [5, 5.41) is 11.8. The van der Waals surface area contributed by atoms with Crippen molar-refractivity contribution in [2.75, 3.05) is 0 Å². The summed E-state index contributed by atoms with van der Waals surface area (Å²) in [7, 11) is 0. The number of benzene rings is 3. The number of nitro groups is 1. The van der Waals surface area contributed by atoms with Crippen molar-refractivity contribution < 1.29 is 9.34 Å². The van der Waals surface area contributed by atoms with Crippen LogP contribution < -0.4 is 14.9 Å². The maximum Gasteiger partial charge on any atom is 0.281 e. The van der Waals surface area contributed by atoms with E-state index in [1.165, 1.54) is 23.0 Å². The van der Waals surface area contributed by atoms with Crippen LogP contribution in [0, 0.1) is 10.1 Å². The third-order valence-electron chi connectivity index (χ3n) is 7.31. The van der Waals surface area contributed by atoms with Gasteiger partial charge in [0.1, 0.15) is 11.5 Å². The lowest BCUT2D eigenvalue weighted by atomic mass is 9.83. The molecule has 0 amide bonds. The second-order valence-electron chi connectivity index (χ2n) is 9.64. The molecule has 40 heavy (non-hydrogen) atoms. The molecule has 196 valence electrons. The highest BCUT2D eigenvalue weighted by Gasteiger charge is 2.32. The van der Waals surface area contributed by atoms with Crippen molar-refractivity contribution in [2.45, 2.75) is 18.9 Å². The van der Waals surface area contributed by atoms with Crippen molar-refractivity contribution in [3.63, 3.8) is 0 Å². The molecule has 1 aliphatic carbocycles. The van der Waals surface area contributed by atoms with Crippen LogP contribution in [-0.2, 0) is 6.42 Å². The van der Waals surface area contributed by atoms with E-state index in [0.717, 1.165) is 35.2 Å². The molecule has 0 saturated heterocycles. The van der Waals surface area contributed by atoms with Crippen LogP contribution in [0.4, 0.5) is 5.69 Å². The van der Waals surface area contributed by atoms with E-state index in [1.807, 2.05) is 30.3 Å². The van der Waals surface area contributed by atoms with Crippen molar-refractivity contribution >= 4 is 40.4 Å². The number of rotatable bonds is 4. The monoisotopic (exact) mass is 565 g/mol. The standard InChI is InChI=1S/C31H20ClN3O4S/c32-20-11-14-23(25(16-20)35(37)38)26-15-12-21(39-26)17-27-30(36)34-29(19-7-2-1-3-8-19)24-13-10-18-6-4-5-9-22(18)28(24)33-31(34)40-27/h1-9,11-12,14-17,29H,10,13H2/b27-17+/t29-/m0/s1. The lowest BCUT2D eigenvalue weighted by molar-refractivity contribution is -0.384. The van der Waals surface area contributed by atoms with Crippen LogP contribution in [0.2, 0.25) is 5.02 Å². The Hall–Kier alpha value is -4.53. The van der Waals surface area contributed by atoms with Gasteiger partial charge in [-0.25, -0.2) is 4.99 Å². The van der Waals surface area contributed by atoms with Gasteiger partial charge >= 0.3 is 0 Å². The van der Waals surface area contributed by atoms with Gasteiger partial charge in [-0.05, 0) is 53.8 Å². The third-order valence-corrected chi connectivity index (χ3v) is 8.53. The summed E-state index contributed by atoms with van der Waals surface area (Å²) in [6, 6.07) is 25.9. The van der Waals surface area contributed by atoms with Crippen LogP contribution in [0.5, 0.6) is 0 Å². The third kappa shape index (κ3) is 4.04. The number of aryl methyl sites for hydroxylation is 1. The van der Waals surface area contributed by atoms with Gasteiger partial charge in [-0.2, -0.15) is 0 Å². The minimum atomic E-state index is -0.495. The number of halogens is 1. The Bertz CT molecular complexity index is 2040. The summed E-state index contributed by atoms with van der Waals surface area (Å²) in [5.41, 5.74) is 5.49. The molecule has 1 aliphatic heterocycles. The van der Waals surface area contributed by atoms with Gasteiger partial charge in [0.2, 0.25) is 0 Å². The largest absolute Gasteiger partial charge is 0.456 e. The normalized spacial score (nSPS) is 16.2. The summed E-state index contributed by atoms with van der Waals surface area (Å²) in [4.78, 5) is 30.6. The highest BCUT2D eigenvalue weighted by Crippen LogP contribution is 2.41. The van der Waals surface area contributed by atoms with Gasteiger partial charge in [0, 0.05) is 22.7 Å². The Morgan fingerprint density at radius 3 is 2.62 bits per heavy atom. The molecule has 0 saturated carbocycles. The molecule has 7 nitrogen and oxygen atoms in total. The van der Waals surface area contributed by atoms with Gasteiger partial charge in [-0.15, -0.1) is 0 Å². The minimum Gasteiger partial charge on any atom is -0.456 e. The van der Waals surface area contributed by atoms with E-state index < -0.39 is 4.92 Å². The number of furan rings is 1. The molecule has 5 aromatic rings. The van der Waals surface area contributed by atoms with Crippen LogP contribution in [0.15, 0.2) is 105 Å². The van der Waals surface area contributed by atoms with Gasteiger partial charge < -0.3 is 4.42 Å². The maximum atomic E-state index is 13.9. The average molecular weight is 566 g/mol. The van der Waals surface area contributed by atoms with E-state index in [2.05, 4.69) is 24.3 Å². The average Bonchev–Trinajstić information content (AvgIpc) is 3.56. The summed E-state index contributed by atoms with van der Waals surface area (Å²) in [6.07, 6.45) is 3.39. The van der Waals surface area contributed by atoms with E-state index in [4.69, 9.17) is 21.0 Å². The molecule has 0 N–H and O–H groups in total. The van der Waals surface area contributed by atoms with E-state index in [9.17, 15) is 14.9 Å². The Kier molecular flexibility index (Phi) is 5.87. The quantitative estimate of drug-likeness (QED) is 0.193. The van der Waals surface area contributed by atoms with Crippen molar-refractivity contribution in [3.05, 3.63) is 148 Å². The van der Waals surface area contributed by atoms with Crippen LogP contribution in [0.3, 0.4) is 0 Å². The van der Waals surface area contributed by atoms with Gasteiger partial charge in [0.05, 0.1) is 26.8 Å². The van der Waals surface area contributed by atoms with Crippen molar-refractivity contribution in [3.8, 4) is 11.3 Å². The summed E-state index contributed by atoms with van der Waals surface area (Å²) < 4.78 is 8.21. The fourth-order valence-corrected chi connectivity index (χ4v) is 6.67. The maximum absolute atomic E-state index is 13.9. The second kappa shape index (κ2) is 9.59. The van der Waals surface area contributed by atoms with Gasteiger partial charge in [-0.3, -0.25) is 19.5 Å². The van der Waals surface area contributed by atoms with Gasteiger partial charge in [0.15, 0.2) is 4.80 Å². The number of thiazole rings is 1. The molecule has 3 heterocycles. The van der Waals surface area contributed by atoms with E-state index >= 15 is 0 Å². The molecule has 0 unspecified atom stereocenters. The molecular weight excluding hydrogens is 546 g/mol. The Morgan fingerprint density at radius 1 is 1.00 bits per heavy atom. The first-order chi connectivity index (χ1) is 19.5. The molecule has 2 aromatic heterocycles. The molecule has 0 fully saturated rings. The summed E-state index contributed by atoms with van der Waals surface area (Å²) in [5.74, 6) is 0.728. The van der Waals surface area contributed by atoms with Crippen LogP contribution in [0.1, 0.15) is 34.9 Å². The smallest absolute Gasteiger partial charge is 0.281 e. The second-order valence-corrected chi connectivity index (χ2v) is 11.1. The highest BCUT2D eigenvalue weighted by atomic mass is 35.5. The van der Waals surface area contributed by atoms with Crippen molar-refractivity contribution in [2.24, 2.45) is 4.99 Å². The zero-order chi connectivity index (χ0) is 27.4. The number of allylic oxidation sites excluding steroid dienone is 1. The summed E-state index contributed by atoms with van der Waals surface area (Å²) >= 11 is 7.28. The van der Waals surface area contributed by atoms with E-state index in [-0.39, 0.29) is 22.3 Å². The molecular formula is C31H20ClN3O4S.